The molecule has 1 heterocycles. The molecular formula is C17H19NO2. The Hall–Kier alpha value is -2.03. The summed E-state index contributed by atoms with van der Waals surface area (Å²) >= 11 is 0. The third-order valence-corrected chi connectivity index (χ3v) is 3.82. The fourth-order valence-electron chi connectivity index (χ4n) is 2.64. The maximum Gasteiger partial charge on any atom is 0.255 e. The van der Waals surface area contributed by atoms with Gasteiger partial charge in [-0.05, 0) is 44.2 Å². The monoisotopic (exact) mass is 269 g/mol. The lowest BCUT2D eigenvalue weighted by Gasteiger charge is -2.18. The highest BCUT2D eigenvalue weighted by molar-refractivity contribution is 5.95. The maximum absolute atomic E-state index is 12.4. The van der Waals surface area contributed by atoms with E-state index in [0.29, 0.717) is 17.2 Å². The van der Waals surface area contributed by atoms with Gasteiger partial charge in [-0.25, -0.2) is 0 Å². The van der Waals surface area contributed by atoms with E-state index in [-0.39, 0.29) is 11.9 Å². The van der Waals surface area contributed by atoms with Crippen molar-refractivity contribution in [2.75, 3.05) is 0 Å². The van der Waals surface area contributed by atoms with E-state index in [9.17, 15) is 4.79 Å². The Bertz CT molecular complexity index is 611. The molecule has 1 saturated carbocycles. The van der Waals surface area contributed by atoms with Crippen LogP contribution in [0.5, 0.6) is 0 Å². The number of benzene rings is 1. The largest absolute Gasteiger partial charge is 0.466 e. The number of hydrogen-bond donors (Lipinski definition) is 1. The first-order chi connectivity index (χ1) is 9.65. The van der Waals surface area contributed by atoms with Gasteiger partial charge in [-0.15, -0.1) is 0 Å². The molecule has 0 unspecified atom stereocenters. The van der Waals surface area contributed by atoms with Crippen LogP contribution in [0.4, 0.5) is 0 Å². The molecule has 3 rings (SSSR count). The second-order valence-corrected chi connectivity index (χ2v) is 5.53. The molecule has 0 spiro atoms. The standard InChI is InChI=1S/C17H19NO2/c1-11-10-15(12(2)20-11)17(19)18-16(14-8-9-14)13-6-4-3-5-7-13/h3-7,10,14,16H,8-9H2,1-2H3,(H,18,19)/t16-/m0/s1. The first-order valence-electron chi connectivity index (χ1n) is 7.08. The molecule has 104 valence electrons. The number of nitrogens with one attached hydrogen (secondary N) is 1. The Balaban J connectivity index is 1.81. The molecule has 3 nitrogen and oxygen atoms in total. The molecular weight excluding hydrogens is 250 g/mol. The van der Waals surface area contributed by atoms with E-state index in [1.54, 1.807) is 6.07 Å². The van der Waals surface area contributed by atoms with Crippen molar-refractivity contribution in [3.8, 4) is 0 Å². The second kappa shape index (κ2) is 5.16. The third-order valence-electron chi connectivity index (χ3n) is 3.82. The van der Waals surface area contributed by atoms with Crippen molar-refractivity contribution >= 4 is 5.91 Å². The second-order valence-electron chi connectivity index (χ2n) is 5.53. The molecule has 1 amide bonds. The van der Waals surface area contributed by atoms with Gasteiger partial charge in [-0.3, -0.25) is 4.79 Å². The Morgan fingerprint density at radius 2 is 1.95 bits per heavy atom. The van der Waals surface area contributed by atoms with Crippen LogP contribution < -0.4 is 5.32 Å². The summed E-state index contributed by atoms with van der Waals surface area (Å²) < 4.78 is 5.44. The van der Waals surface area contributed by atoms with Crippen LogP contribution in [0.15, 0.2) is 40.8 Å². The number of carbonyl (C=O) groups excluding carboxylic acids is 1. The van der Waals surface area contributed by atoms with Crippen LogP contribution in [0.25, 0.3) is 0 Å². The highest BCUT2D eigenvalue weighted by Crippen LogP contribution is 2.41. The first kappa shape index (κ1) is 13.0. The highest BCUT2D eigenvalue weighted by atomic mass is 16.3. The van der Waals surface area contributed by atoms with Gasteiger partial charge in [0, 0.05) is 0 Å². The van der Waals surface area contributed by atoms with Gasteiger partial charge in [0.15, 0.2) is 0 Å². The van der Waals surface area contributed by atoms with Gasteiger partial charge in [0.2, 0.25) is 0 Å². The molecule has 1 aromatic heterocycles. The van der Waals surface area contributed by atoms with Gasteiger partial charge in [-0.1, -0.05) is 30.3 Å². The number of hydrogen-bond acceptors (Lipinski definition) is 2. The predicted octanol–water partition coefficient (Wildman–Crippen LogP) is 3.78. The van der Waals surface area contributed by atoms with Crippen LogP contribution in [0, 0.1) is 19.8 Å². The zero-order chi connectivity index (χ0) is 14.1. The summed E-state index contributed by atoms with van der Waals surface area (Å²) in [6, 6.07) is 12.1. The van der Waals surface area contributed by atoms with Crippen molar-refractivity contribution in [2.45, 2.75) is 32.7 Å². The van der Waals surface area contributed by atoms with Crippen LogP contribution >= 0.6 is 0 Å². The quantitative estimate of drug-likeness (QED) is 0.917. The minimum absolute atomic E-state index is 0.0416. The van der Waals surface area contributed by atoms with Crippen LogP contribution in [0.1, 0.15) is 46.3 Å². The van der Waals surface area contributed by atoms with Crippen LogP contribution in [0.3, 0.4) is 0 Å². The molecule has 1 aromatic carbocycles. The summed E-state index contributed by atoms with van der Waals surface area (Å²) in [7, 11) is 0. The number of carbonyl (C=O) groups is 1. The topological polar surface area (TPSA) is 42.2 Å². The Labute approximate surface area is 119 Å². The number of rotatable bonds is 4. The third kappa shape index (κ3) is 2.62. The zero-order valence-corrected chi connectivity index (χ0v) is 11.8. The van der Waals surface area contributed by atoms with Crippen LogP contribution in [0.2, 0.25) is 0 Å². The Morgan fingerprint density at radius 3 is 2.50 bits per heavy atom. The predicted molar refractivity (Wildman–Crippen MR) is 77.6 cm³/mol. The molecule has 2 aromatic rings. The Kier molecular flexibility index (Phi) is 3.35. The summed E-state index contributed by atoms with van der Waals surface area (Å²) in [5, 5.41) is 3.17. The number of amides is 1. The summed E-state index contributed by atoms with van der Waals surface area (Å²) in [6.07, 6.45) is 2.37. The maximum atomic E-state index is 12.4. The van der Waals surface area contributed by atoms with Crippen molar-refractivity contribution in [3.05, 3.63) is 59.0 Å². The molecule has 1 aliphatic carbocycles. The van der Waals surface area contributed by atoms with Crippen molar-refractivity contribution in [1.82, 2.24) is 5.32 Å². The molecule has 0 bridgehead atoms. The number of aryl methyl sites for hydroxylation is 2. The molecule has 0 saturated heterocycles. The summed E-state index contributed by atoms with van der Waals surface area (Å²) in [5.41, 5.74) is 1.82. The first-order valence-corrected chi connectivity index (χ1v) is 7.08. The molecule has 1 fully saturated rings. The van der Waals surface area contributed by atoms with Crippen molar-refractivity contribution < 1.29 is 9.21 Å². The van der Waals surface area contributed by atoms with E-state index in [1.165, 1.54) is 18.4 Å². The lowest BCUT2D eigenvalue weighted by atomic mass is 10.0. The molecule has 1 aliphatic rings. The molecule has 20 heavy (non-hydrogen) atoms. The van der Waals surface area contributed by atoms with E-state index in [0.717, 1.165) is 5.76 Å². The van der Waals surface area contributed by atoms with Gasteiger partial charge in [0.05, 0.1) is 11.6 Å². The van der Waals surface area contributed by atoms with E-state index in [2.05, 4.69) is 17.4 Å². The summed E-state index contributed by atoms with van der Waals surface area (Å²) in [4.78, 5) is 12.4. The number of furan rings is 1. The average molecular weight is 269 g/mol. The molecule has 0 radical (unpaired) electrons. The lowest BCUT2D eigenvalue weighted by molar-refractivity contribution is 0.0930. The highest BCUT2D eigenvalue weighted by Gasteiger charge is 2.33. The zero-order valence-electron chi connectivity index (χ0n) is 11.8. The van der Waals surface area contributed by atoms with Crippen LogP contribution in [-0.2, 0) is 0 Å². The van der Waals surface area contributed by atoms with Gasteiger partial charge in [0.1, 0.15) is 11.5 Å². The van der Waals surface area contributed by atoms with Crippen molar-refractivity contribution in [1.29, 1.82) is 0 Å². The molecule has 1 atom stereocenters. The fourth-order valence-corrected chi connectivity index (χ4v) is 2.64. The lowest BCUT2D eigenvalue weighted by Crippen LogP contribution is -2.30. The van der Waals surface area contributed by atoms with Gasteiger partial charge >= 0.3 is 0 Å². The molecule has 0 aliphatic heterocycles. The normalized spacial score (nSPS) is 15.9. The van der Waals surface area contributed by atoms with E-state index < -0.39 is 0 Å². The van der Waals surface area contributed by atoms with Crippen molar-refractivity contribution in [3.63, 3.8) is 0 Å². The minimum atomic E-state index is -0.0416. The van der Waals surface area contributed by atoms with E-state index >= 15 is 0 Å². The summed E-state index contributed by atoms with van der Waals surface area (Å²) in [6.45, 7) is 3.69. The molecule has 3 heteroatoms. The summed E-state index contributed by atoms with van der Waals surface area (Å²) in [5.74, 6) is 1.98. The smallest absolute Gasteiger partial charge is 0.255 e. The van der Waals surface area contributed by atoms with E-state index in [4.69, 9.17) is 4.42 Å². The van der Waals surface area contributed by atoms with Gasteiger partial charge in [0.25, 0.3) is 5.91 Å². The van der Waals surface area contributed by atoms with Gasteiger partial charge < -0.3 is 9.73 Å². The average Bonchev–Trinajstić information content (AvgIpc) is 3.22. The molecule has 1 N–H and O–H groups in total. The minimum Gasteiger partial charge on any atom is -0.466 e. The SMILES string of the molecule is Cc1cc(C(=O)N[C@@H](c2ccccc2)C2CC2)c(C)o1. The fraction of sp³-hybridized carbons (Fsp3) is 0.353. The van der Waals surface area contributed by atoms with E-state index in [1.807, 2.05) is 32.0 Å². The Morgan fingerprint density at radius 1 is 1.25 bits per heavy atom. The van der Waals surface area contributed by atoms with Gasteiger partial charge in [-0.2, -0.15) is 0 Å². The van der Waals surface area contributed by atoms with Crippen molar-refractivity contribution in [2.24, 2.45) is 5.92 Å². The van der Waals surface area contributed by atoms with Crippen LogP contribution in [-0.4, -0.2) is 5.91 Å².